The average molecular weight is 681 g/mol. The third-order valence-electron chi connectivity index (χ3n) is 7.26. The van der Waals surface area contributed by atoms with E-state index in [0.717, 1.165) is 45.1 Å². The third-order valence-corrected chi connectivity index (χ3v) is 7.26. The van der Waals surface area contributed by atoms with Crippen molar-refractivity contribution in [1.82, 2.24) is 15.0 Å². The molecule has 4 heterocycles. The molecule has 1 N–H and O–H groups in total. The molecule has 0 unspecified atom stereocenters. The molecule has 5 nitrogen and oxygen atoms in total. The number of hydrogen-bond acceptors (Lipinski definition) is 5. The van der Waals surface area contributed by atoms with Crippen LogP contribution in [0.1, 0.15) is 51.4 Å². The molecule has 0 bridgehead atoms. The maximum atomic E-state index is 10.4. The second-order valence-electron chi connectivity index (χ2n) is 11.2. The number of benzene rings is 2. The van der Waals surface area contributed by atoms with Gasteiger partial charge in [0.2, 0.25) is 0 Å². The molecule has 2 aromatic carbocycles. The van der Waals surface area contributed by atoms with Crippen LogP contribution in [-0.4, -0.2) is 20.1 Å². The van der Waals surface area contributed by atoms with E-state index in [1.807, 2.05) is 42.7 Å². The van der Waals surface area contributed by atoms with Gasteiger partial charge in [0, 0.05) is 44.3 Å². The van der Waals surface area contributed by atoms with Crippen LogP contribution in [0.15, 0.2) is 79.1 Å². The maximum Gasteiger partial charge on any atom is 0.140 e. The van der Waals surface area contributed by atoms with Crippen LogP contribution in [0.25, 0.3) is 22.2 Å². The Morgan fingerprint density at radius 2 is 1.71 bits per heavy atom. The van der Waals surface area contributed by atoms with Crippen molar-refractivity contribution in [2.24, 2.45) is 0 Å². The normalized spacial score (nSPS) is 14.0. The first-order valence-corrected chi connectivity index (χ1v) is 12.5. The summed E-state index contributed by atoms with van der Waals surface area (Å²) in [7, 11) is 0. The van der Waals surface area contributed by atoms with E-state index in [-0.39, 0.29) is 37.6 Å². The minimum atomic E-state index is -0.325. The first kappa shape index (κ1) is 26.1. The molecule has 1 aliphatic rings. The van der Waals surface area contributed by atoms with Gasteiger partial charge in [-0.1, -0.05) is 64.4 Å². The van der Waals surface area contributed by atoms with Gasteiger partial charge in [0.05, 0.1) is 11.4 Å². The second-order valence-corrected chi connectivity index (χ2v) is 11.2. The fraction of sp³-hybridized carbons (Fsp3) is 0.219. The Hall–Kier alpha value is -3.56. The van der Waals surface area contributed by atoms with Crippen LogP contribution in [-0.2, 0) is 31.9 Å². The van der Waals surface area contributed by atoms with E-state index in [1.54, 1.807) is 6.07 Å². The van der Waals surface area contributed by atoms with Crippen molar-refractivity contribution in [3.8, 4) is 17.0 Å². The summed E-state index contributed by atoms with van der Waals surface area (Å²) in [6.45, 7) is 11.0. The van der Waals surface area contributed by atoms with Crippen LogP contribution < -0.4 is 4.90 Å². The van der Waals surface area contributed by atoms with Crippen LogP contribution in [0, 0.1) is 6.07 Å². The summed E-state index contributed by atoms with van der Waals surface area (Å²) >= 11 is 0. The van der Waals surface area contributed by atoms with Gasteiger partial charge in [-0.2, -0.15) is 0 Å². The standard InChI is InChI=1S/C32H29N4O.Pt/c1-31(2,3)22-15-17-33-28(19-22)36-25-9-7-16-34-30(25)32(4,5)23-13-11-21(18-26(23)36)24-14-12-20-8-6-10-27(37)29(20)35-24;/h6-17,19,37H,1-5H3;/q-1;. The van der Waals surface area contributed by atoms with Crippen LogP contribution in [0.4, 0.5) is 17.2 Å². The third kappa shape index (κ3) is 4.19. The molecule has 1 aliphatic heterocycles. The summed E-state index contributed by atoms with van der Waals surface area (Å²) in [5.41, 5.74) is 7.09. The van der Waals surface area contributed by atoms with E-state index in [4.69, 9.17) is 15.0 Å². The molecule has 5 aromatic rings. The van der Waals surface area contributed by atoms with Gasteiger partial charge in [-0.05, 0) is 52.7 Å². The maximum absolute atomic E-state index is 10.4. The predicted molar refractivity (Wildman–Crippen MR) is 149 cm³/mol. The SMILES string of the molecule is CC(C)(C)c1ccnc(N2c3[c-]c(-c4ccc5cccc(O)c5n4)ccc3C(C)(C)c3ncccc32)c1.[Pt]. The van der Waals surface area contributed by atoms with Gasteiger partial charge in [0.15, 0.2) is 0 Å². The minimum absolute atomic E-state index is 0. The number of aromatic nitrogens is 3. The Morgan fingerprint density at radius 1 is 0.895 bits per heavy atom. The van der Waals surface area contributed by atoms with Crippen molar-refractivity contribution in [1.29, 1.82) is 0 Å². The number of para-hydroxylation sites is 1. The van der Waals surface area contributed by atoms with Crippen molar-refractivity contribution in [2.45, 2.75) is 45.4 Å². The molecule has 3 aromatic heterocycles. The van der Waals surface area contributed by atoms with E-state index in [2.05, 4.69) is 75.9 Å². The quantitative estimate of drug-likeness (QED) is 0.195. The van der Waals surface area contributed by atoms with E-state index in [0.29, 0.717) is 5.52 Å². The molecular weight excluding hydrogens is 651 g/mol. The number of aromatic hydroxyl groups is 1. The van der Waals surface area contributed by atoms with Gasteiger partial charge in [-0.15, -0.1) is 23.8 Å². The molecule has 0 atom stereocenters. The zero-order chi connectivity index (χ0) is 25.9. The first-order valence-electron chi connectivity index (χ1n) is 12.5. The van der Waals surface area contributed by atoms with Crippen LogP contribution >= 0.6 is 0 Å². The van der Waals surface area contributed by atoms with Crippen LogP contribution in [0.2, 0.25) is 0 Å². The summed E-state index contributed by atoms with van der Waals surface area (Å²) in [6.07, 6.45) is 3.73. The Balaban J connectivity index is 0.00000294. The van der Waals surface area contributed by atoms with E-state index >= 15 is 0 Å². The van der Waals surface area contributed by atoms with Gasteiger partial charge in [0.1, 0.15) is 17.1 Å². The van der Waals surface area contributed by atoms with Gasteiger partial charge >= 0.3 is 0 Å². The van der Waals surface area contributed by atoms with Gasteiger partial charge < -0.3 is 10.0 Å². The number of fused-ring (bicyclic) bond motifs is 3. The topological polar surface area (TPSA) is 62.1 Å². The molecule has 0 spiro atoms. The fourth-order valence-corrected chi connectivity index (χ4v) is 5.15. The Morgan fingerprint density at radius 3 is 2.50 bits per heavy atom. The smallest absolute Gasteiger partial charge is 0.140 e. The Kier molecular flexibility index (Phi) is 6.39. The molecule has 6 heteroatoms. The molecule has 0 saturated carbocycles. The van der Waals surface area contributed by atoms with Crippen molar-refractivity contribution in [3.63, 3.8) is 0 Å². The number of hydrogen-bond donors (Lipinski definition) is 1. The zero-order valence-electron chi connectivity index (χ0n) is 22.1. The van der Waals surface area contributed by atoms with Gasteiger partial charge in [0.25, 0.3) is 0 Å². The minimum Gasteiger partial charge on any atom is -0.506 e. The number of phenolic OH excluding ortho intramolecular Hbond substituents is 1. The summed E-state index contributed by atoms with van der Waals surface area (Å²) in [4.78, 5) is 16.6. The van der Waals surface area contributed by atoms with Crippen molar-refractivity contribution >= 4 is 28.1 Å². The molecule has 6 rings (SSSR count). The van der Waals surface area contributed by atoms with Gasteiger partial charge in [-0.3, -0.25) is 9.97 Å². The summed E-state index contributed by atoms with van der Waals surface area (Å²) < 4.78 is 0. The number of phenols is 1. The molecule has 38 heavy (non-hydrogen) atoms. The monoisotopic (exact) mass is 680 g/mol. The number of nitrogens with zero attached hydrogens (tertiary/aromatic N) is 4. The van der Waals surface area contributed by atoms with E-state index in [1.165, 1.54) is 5.56 Å². The second kappa shape index (κ2) is 9.32. The molecule has 0 fully saturated rings. The van der Waals surface area contributed by atoms with E-state index in [9.17, 15) is 5.11 Å². The van der Waals surface area contributed by atoms with Crippen molar-refractivity contribution in [3.05, 3.63) is 102 Å². The van der Waals surface area contributed by atoms with Crippen LogP contribution in [0.5, 0.6) is 5.75 Å². The molecule has 0 saturated heterocycles. The summed E-state index contributed by atoms with van der Waals surface area (Å²) in [5, 5.41) is 11.3. The van der Waals surface area contributed by atoms with E-state index < -0.39 is 0 Å². The molecular formula is C32H29N4OPt-. The van der Waals surface area contributed by atoms with Crippen molar-refractivity contribution in [2.75, 3.05) is 4.90 Å². The molecule has 194 valence electrons. The largest absolute Gasteiger partial charge is 0.506 e. The molecule has 0 aliphatic carbocycles. The van der Waals surface area contributed by atoms with Gasteiger partial charge in [-0.25, -0.2) is 4.98 Å². The Labute approximate surface area is 237 Å². The number of anilines is 3. The number of rotatable bonds is 2. The van der Waals surface area contributed by atoms with Crippen molar-refractivity contribution < 1.29 is 26.2 Å². The van der Waals surface area contributed by atoms with Crippen LogP contribution in [0.3, 0.4) is 0 Å². The zero-order valence-corrected chi connectivity index (χ0v) is 24.3. The fourth-order valence-electron chi connectivity index (χ4n) is 5.15. The predicted octanol–water partition coefficient (Wildman–Crippen LogP) is 7.60. The Bertz CT molecular complexity index is 1670. The molecule has 0 radical (unpaired) electrons. The first-order chi connectivity index (χ1) is 17.6. The summed E-state index contributed by atoms with van der Waals surface area (Å²) in [5.74, 6) is 0.999. The molecule has 0 amide bonds. The number of pyridine rings is 3. The summed E-state index contributed by atoms with van der Waals surface area (Å²) in [6, 6.07) is 25.6. The average Bonchev–Trinajstić information content (AvgIpc) is 2.88.